The summed E-state index contributed by atoms with van der Waals surface area (Å²) in [5, 5.41) is 9.51. The number of nitrogens with zero attached hydrogens (tertiary/aromatic N) is 2. The molecular weight excluding hydrogens is 332 g/mol. The number of nitrogens with one attached hydrogen (secondary N) is 2. The number of anilines is 1. The molecule has 7 nitrogen and oxygen atoms in total. The topological polar surface area (TPSA) is 97.1 Å². The van der Waals surface area contributed by atoms with Crippen LogP contribution in [0.1, 0.15) is 62.6 Å². The average Bonchev–Trinajstić information content (AvgIpc) is 3.04. The smallest absolute Gasteiger partial charge is 0.251 e. The Bertz CT molecular complexity index is 762. The number of aryl methyl sites for hydroxylation is 1. The van der Waals surface area contributed by atoms with E-state index < -0.39 is 0 Å². The van der Waals surface area contributed by atoms with Gasteiger partial charge < -0.3 is 15.2 Å². The summed E-state index contributed by atoms with van der Waals surface area (Å²) in [4.78, 5) is 28.3. The molecule has 0 saturated carbocycles. The molecule has 0 spiro atoms. The molecule has 0 radical (unpaired) electrons. The molecular formula is C19H26N4O3. The number of rotatable bonds is 7. The molecule has 0 unspecified atom stereocenters. The summed E-state index contributed by atoms with van der Waals surface area (Å²) >= 11 is 0. The molecule has 26 heavy (non-hydrogen) atoms. The van der Waals surface area contributed by atoms with E-state index in [1.54, 1.807) is 24.3 Å². The van der Waals surface area contributed by atoms with Gasteiger partial charge in [0.15, 0.2) is 5.82 Å². The monoisotopic (exact) mass is 358 g/mol. The quantitative estimate of drug-likeness (QED) is 0.793. The van der Waals surface area contributed by atoms with E-state index in [2.05, 4.69) is 20.8 Å². The number of carbonyl (C=O) groups is 2. The third kappa shape index (κ3) is 5.68. The Hall–Kier alpha value is -2.70. The fraction of sp³-hybridized carbons (Fsp3) is 0.474. The zero-order valence-corrected chi connectivity index (χ0v) is 15.8. The molecule has 2 N–H and O–H groups in total. The van der Waals surface area contributed by atoms with Crippen molar-refractivity contribution in [1.29, 1.82) is 0 Å². The summed E-state index contributed by atoms with van der Waals surface area (Å²) in [7, 11) is 0. The third-order valence-electron chi connectivity index (χ3n) is 3.68. The maximum atomic E-state index is 12.1. The van der Waals surface area contributed by atoms with Crippen molar-refractivity contribution in [3.63, 3.8) is 0 Å². The third-order valence-corrected chi connectivity index (χ3v) is 3.68. The van der Waals surface area contributed by atoms with Crippen LogP contribution in [0, 0.1) is 0 Å². The van der Waals surface area contributed by atoms with Gasteiger partial charge in [-0.3, -0.25) is 9.59 Å². The summed E-state index contributed by atoms with van der Waals surface area (Å²) in [5.41, 5.74) is 0.963. The van der Waals surface area contributed by atoms with Gasteiger partial charge in [-0.1, -0.05) is 32.0 Å². The summed E-state index contributed by atoms with van der Waals surface area (Å²) in [6, 6.07) is 6.88. The van der Waals surface area contributed by atoms with Crippen molar-refractivity contribution in [2.75, 3.05) is 11.9 Å². The van der Waals surface area contributed by atoms with E-state index in [1.807, 2.05) is 27.7 Å². The maximum Gasteiger partial charge on any atom is 0.251 e. The van der Waals surface area contributed by atoms with Gasteiger partial charge in [-0.25, -0.2) is 0 Å². The Morgan fingerprint density at radius 3 is 2.65 bits per heavy atom. The van der Waals surface area contributed by atoms with Gasteiger partial charge in [-0.15, -0.1) is 0 Å². The Morgan fingerprint density at radius 1 is 1.23 bits per heavy atom. The second kappa shape index (κ2) is 8.60. The molecule has 2 amide bonds. The first-order chi connectivity index (χ1) is 12.3. The van der Waals surface area contributed by atoms with E-state index in [-0.39, 0.29) is 17.2 Å². The van der Waals surface area contributed by atoms with E-state index in [4.69, 9.17) is 4.52 Å². The first-order valence-electron chi connectivity index (χ1n) is 8.80. The van der Waals surface area contributed by atoms with Crippen LogP contribution < -0.4 is 10.6 Å². The van der Waals surface area contributed by atoms with Crippen LogP contribution in [0.2, 0.25) is 0 Å². The molecule has 140 valence electrons. The van der Waals surface area contributed by atoms with Gasteiger partial charge in [0.1, 0.15) is 0 Å². The van der Waals surface area contributed by atoms with Crippen molar-refractivity contribution in [1.82, 2.24) is 15.5 Å². The van der Waals surface area contributed by atoms with Crippen LogP contribution >= 0.6 is 0 Å². The predicted molar refractivity (Wildman–Crippen MR) is 99.0 cm³/mol. The Balaban J connectivity index is 1.83. The fourth-order valence-corrected chi connectivity index (χ4v) is 2.29. The van der Waals surface area contributed by atoms with E-state index in [9.17, 15) is 9.59 Å². The normalized spacial score (nSPS) is 11.2. The molecule has 1 aromatic carbocycles. The van der Waals surface area contributed by atoms with E-state index in [0.29, 0.717) is 48.8 Å². The predicted octanol–water partition coefficient (Wildman–Crippen LogP) is 3.08. The second-order valence-corrected chi connectivity index (χ2v) is 7.10. The average molecular weight is 358 g/mol. The zero-order chi connectivity index (χ0) is 19.2. The lowest BCUT2D eigenvalue weighted by Crippen LogP contribution is -2.22. The van der Waals surface area contributed by atoms with Crippen LogP contribution in [0.5, 0.6) is 0 Å². The highest BCUT2D eigenvalue weighted by Crippen LogP contribution is 2.19. The molecule has 0 fully saturated rings. The van der Waals surface area contributed by atoms with Gasteiger partial charge >= 0.3 is 0 Å². The molecule has 1 heterocycles. The molecule has 0 aliphatic carbocycles. The molecule has 2 rings (SSSR count). The van der Waals surface area contributed by atoms with E-state index in [0.717, 1.165) is 0 Å². The lowest BCUT2D eigenvalue weighted by atomic mass is 9.96. The van der Waals surface area contributed by atoms with Crippen molar-refractivity contribution in [2.45, 2.75) is 52.4 Å². The minimum Gasteiger partial charge on any atom is -0.352 e. The highest BCUT2D eigenvalue weighted by molar-refractivity contribution is 5.97. The molecule has 0 aliphatic heterocycles. The summed E-state index contributed by atoms with van der Waals surface area (Å²) in [6.07, 6.45) is 1.49. The van der Waals surface area contributed by atoms with Crippen LogP contribution in [-0.4, -0.2) is 28.5 Å². The Kier molecular flexibility index (Phi) is 6.49. The van der Waals surface area contributed by atoms with Crippen LogP contribution in [0.25, 0.3) is 0 Å². The highest BCUT2D eigenvalue weighted by atomic mass is 16.5. The molecule has 0 atom stereocenters. The molecule has 7 heteroatoms. The van der Waals surface area contributed by atoms with Crippen molar-refractivity contribution >= 4 is 17.5 Å². The van der Waals surface area contributed by atoms with Gasteiger partial charge in [-0.2, -0.15) is 4.98 Å². The molecule has 0 bridgehead atoms. The highest BCUT2D eigenvalue weighted by Gasteiger charge is 2.20. The van der Waals surface area contributed by atoms with Crippen LogP contribution in [-0.2, 0) is 16.6 Å². The molecule has 1 aromatic heterocycles. The van der Waals surface area contributed by atoms with Gasteiger partial charge in [0.2, 0.25) is 11.8 Å². The van der Waals surface area contributed by atoms with Crippen LogP contribution in [0.15, 0.2) is 28.8 Å². The van der Waals surface area contributed by atoms with Crippen molar-refractivity contribution < 1.29 is 14.1 Å². The van der Waals surface area contributed by atoms with Gasteiger partial charge in [-0.05, 0) is 31.5 Å². The Morgan fingerprint density at radius 2 is 2.00 bits per heavy atom. The molecule has 2 aromatic rings. The van der Waals surface area contributed by atoms with Gasteiger partial charge in [0.05, 0.1) is 0 Å². The van der Waals surface area contributed by atoms with E-state index in [1.165, 1.54) is 0 Å². The van der Waals surface area contributed by atoms with Gasteiger partial charge in [0.25, 0.3) is 5.91 Å². The van der Waals surface area contributed by atoms with Crippen molar-refractivity contribution in [2.24, 2.45) is 0 Å². The molecule has 0 saturated heterocycles. The van der Waals surface area contributed by atoms with E-state index >= 15 is 0 Å². The summed E-state index contributed by atoms with van der Waals surface area (Å²) in [6.45, 7) is 8.47. The minimum absolute atomic E-state index is 0.117. The lowest BCUT2D eigenvalue weighted by molar-refractivity contribution is -0.116. The lowest BCUT2D eigenvalue weighted by Gasteiger charge is -2.10. The van der Waals surface area contributed by atoms with Crippen LogP contribution in [0.4, 0.5) is 5.69 Å². The fourth-order valence-electron chi connectivity index (χ4n) is 2.29. The number of amides is 2. The SMILES string of the molecule is CCNC(=O)c1cccc(NC(=O)CCCc2nc(C(C)(C)C)no2)c1. The number of benzene rings is 1. The Labute approximate surface area is 153 Å². The number of aromatic nitrogens is 2. The van der Waals surface area contributed by atoms with Crippen LogP contribution in [0.3, 0.4) is 0 Å². The standard InChI is InChI=1S/C19H26N4O3/c1-5-20-17(25)13-8-6-9-14(12-13)21-15(24)10-7-11-16-22-18(23-26-16)19(2,3)4/h6,8-9,12H,5,7,10-11H2,1-4H3,(H,20,25)(H,21,24). The number of hydrogen-bond donors (Lipinski definition) is 2. The largest absolute Gasteiger partial charge is 0.352 e. The summed E-state index contributed by atoms with van der Waals surface area (Å²) in [5.74, 6) is 0.934. The number of carbonyl (C=O) groups excluding carboxylic acids is 2. The maximum absolute atomic E-state index is 12.1. The second-order valence-electron chi connectivity index (χ2n) is 7.10. The zero-order valence-electron chi connectivity index (χ0n) is 15.8. The van der Waals surface area contributed by atoms with Gasteiger partial charge in [0, 0.05) is 36.1 Å². The first kappa shape index (κ1) is 19.6. The van der Waals surface area contributed by atoms with Crippen molar-refractivity contribution in [3.8, 4) is 0 Å². The molecule has 0 aliphatic rings. The first-order valence-corrected chi connectivity index (χ1v) is 8.80. The minimum atomic E-state index is -0.159. The van der Waals surface area contributed by atoms with Crippen molar-refractivity contribution in [3.05, 3.63) is 41.5 Å². The number of hydrogen-bond acceptors (Lipinski definition) is 5. The summed E-state index contributed by atoms with van der Waals surface area (Å²) < 4.78 is 5.22.